The van der Waals surface area contributed by atoms with Crippen molar-refractivity contribution in [2.24, 2.45) is 0 Å². The first-order chi connectivity index (χ1) is 14.3. The second kappa shape index (κ2) is 11.7. The lowest BCUT2D eigenvalue weighted by Gasteiger charge is -2.28. The molecule has 0 saturated heterocycles. The minimum Gasteiger partial charge on any atom is -0.494 e. The molecule has 2 aromatic rings. The normalized spacial score (nSPS) is 12.6. The van der Waals surface area contributed by atoms with Crippen molar-refractivity contribution in [3.05, 3.63) is 60.2 Å². The van der Waals surface area contributed by atoms with Gasteiger partial charge in [-0.25, -0.2) is 8.42 Å². The van der Waals surface area contributed by atoms with Crippen LogP contribution in [0.2, 0.25) is 0 Å². The first-order valence-electron chi connectivity index (χ1n) is 10.3. The van der Waals surface area contributed by atoms with Gasteiger partial charge in [0.2, 0.25) is 10.0 Å². The monoisotopic (exact) mass is 433 g/mol. The van der Waals surface area contributed by atoms with Crippen LogP contribution in [0.1, 0.15) is 45.1 Å². The Morgan fingerprint density at radius 3 is 2.37 bits per heavy atom. The Kier molecular flexibility index (Phi) is 9.33. The summed E-state index contributed by atoms with van der Waals surface area (Å²) < 4.78 is 33.5. The van der Waals surface area contributed by atoms with Crippen LogP contribution in [0.3, 0.4) is 0 Å². The second-order valence-electron chi connectivity index (χ2n) is 7.31. The zero-order valence-electron chi connectivity index (χ0n) is 17.7. The number of aliphatic carboxylic acids is 1. The smallest absolute Gasteiger partial charge is 0.303 e. The highest BCUT2D eigenvalue weighted by atomic mass is 32.2. The number of carbonyl (C=O) groups is 1. The Morgan fingerprint density at radius 2 is 1.77 bits per heavy atom. The molecule has 0 radical (unpaired) electrons. The van der Waals surface area contributed by atoms with Crippen LogP contribution in [0.25, 0.3) is 0 Å². The number of carboxylic acids is 1. The number of rotatable bonds is 13. The van der Waals surface area contributed by atoms with Crippen LogP contribution in [-0.2, 0) is 21.2 Å². The average molecular weight is 434 g/mol. The van der Waals surface area contributed by atoms with E-state index in [4.69, 9.17) is 9.84 Å². The molecule has 6 nitrogen and oxygen atoms in total. The molecule has 0 aliphatic rings. The lowest BCUT2D eigenvalue weighted by atomic mass is 10.1. The fourth-order valence-corrected chi connectivity index (χ4v) is 5.00. The van der Waals surface area contributed by atoms with Crippen LogP contribution in [0, 0.1) is 0 Å². The number of carboxylic acid groups (broad SMARTS) is 1. The van der Waals surface area contributed by atoms with Gasteiger partial charge in [-0.1, -0.05) is 43.7 Å². The van der Waals surface area contributed by atoms with Crippen molar-refractivity contribution in [2.75, 3.05) is 13.2 Å². The molecule has 1 N–H and O–H groups in total. The van der Waals surface area contributed by atoms with Gasteiger partial charge in [-0.05, 0) is 56.0 Å². The van der Waals surface area contributed by atoms with Crippen molar-refractivity contribution in [2.45, 2.75) is 56.9 Å². The topological polar surface area (TPSA) is 83.9 Å². The van der Waals surface area contributed by atoms with E-state index in [0.29, 0.717) is 36.6 Å². The van der Waals surface area contributed by atoms with E-state index in [1.54, 1.807) is 34.6 Å². The summed E-state index contributed by atoms with van der Waals surface area (Å²) in [7, 11) is -3.56. The van der Waals surface area contributed by atoms with Gasteiger partial charge in [0.25, 0.3) is 0 Å². The second-order valence-corrected chi connectivity index (χ2v) is 9.20. The summed E-state index contributed by atoms with van der Waals surface area (Å²) in [6.07, 6.45) is 2.86. The summed E-state index contributed by atoms with van der Waals surface area (Å²) in [5.74, 6) is -0.129. The third-order valence-electron chi connectivity index (χ3n) is 4.89. The minimum atomic E-state index is -3.56. The number of ether oxygens (including phenoxy) is 1. The third-order valence-corrected chi connectivity index (χ3v) is 6.92. The standard InChI is InChI=1S/C23H31NO5S/c1-3-8-19(2)24(30(27,28)22-9-5-4-6-10-22)17-7-18-29-21-14-11-20(12-15-21)13-16-23(25)26/h4-6,9-12,14-15,19H,3,7-8,13,16-18H2,1-2H3,(H,25,26). The Morgan fingerprint density at radius 1 is 1.10 bits per heavy atom. The largest absolute Gasteiger partial charge is 0.494 e. The van der Waals surface area contributed by atoms with Crippen LogP contribution in [-0.4, -0.2) is 43.0 Å². The summed E-state index contributed by atoms with van der Waals surface area (Å²) in [4.78, 5) is 11.0. The van der Waals surface area contributed by atoms with E-state index in [0.717, 1.165) is 18.4 Å². The highest BCUT2D eigenvalue weighted by molar-refractivity contribution is 7.89. The molecule has 30 heavy (non-hydrogen) atoms. The maximum absolute atomic E-state index is 13.1. The fraction of sp³-hybridized carbons (Fsp3) is 0.435. The van der Waals surface area contributed by atoms with Gasteiger partial charge in [-0.2, -0.15) is 4.31 Å². The summed E-state index contributed by atoms with van der Waals surface area (Å²) in [5.41, 5.74) is 0.943. The lowest BCUT2D eigenvalue weighted by molar-refractivity contribution is -0.136. The molecule has 0 amide bonds. The molecule has 0 aliphatic carbocycles. The highest BCUT2D eigenvalue weighted by Gasteiger charge is 2.28. The number of benzene rings is 2. The maximum Gasteiger partial charge on any atom is 0.303 e. The Labute approximate surface area is 179 Å². The van der Waals surface area contributed by atoms with E-state index in [9.17, 15) is 13.2 Å². The quantitative estimate of drug-likeness (QED) is 0.475. The van der Waals surface area contributed by atoms with Crippen LogP contribution in [0.4, 0.5) is 0 Å². The zero-order valence-corrected chi connectivity index (χ0v) is 18.5. The number of hydrogen-bond donors (Lipinski definition) is 1. The third kappa shape index (κ3) is 7.15. The van der Waals surface area contributed by atoms with Gasteiger partial charge in [0.1, 0.15) is 5.75 Å². The van der Waals surface area contributed by atoms with Crippen molar-refractivity contribution in [3.8, 4) is 5.75 Å². The summed E-state index contributed by atoms with van der Waals surface area (Å²) >= 11 is 0. The van der Waals surface area contributed by atoms with Gasteiger partial charge in [0.05, 0.1) is 11.5 Å². The van der Waals surface area contributed by atoms with Crippen molar-refractivity contribution < 1.29 is 23.1 Å². The van der Waals surface area contributed by atoms with Crippen molar-refractivity contribution in [1.29, 1.82) is 0 Å². The van der Waals surface area contributed by atoms with Gasteiger partial charge in [0, 0.05) is 19.0 Å². The number of hydrogen-bond acceptors (Lipinski definition) is 4. The van der Waals surface area contributed by atoms with Crippen molar-refractivity contribution in [1.82, 2.24) is 4.31 Å². The molecule has 0 spiro atoms. The lowest BCUT2D eigenvalue weighted by Crippen LogP contribution is -2.39. The van der Waals surface area contributed by atoms with E-state index in [-0.39, 0.29) is 12.5 Å². The molecule has 164 valence electrons. The molecule has 0 heterocycles. The van der Waals surface area contributed by atoms with Crippen LogP contribution in [0.5, 0.6) is 5.75 Å². The van der Waals surface area contributed by atoms with Gasteiger partial charge >= 0.3 is 5.97 Å². The Bertz CT molecular complexity index is 882. The van der Waals surface area contributed by atoms with E-state index in [2.05, 4.69) is 0 Å². The van der Waals surface area contributed by atoms with E-state index in [1.807, 2.05) is 38.1 Å². The van der Waals surface area contributed by atoms with Crippen molar-refractivity contribution in [3.63, 3.8) is 0 Å². The predicted octanol–water partition coefficient (Wildman–Crippen LogP) is 4.35. The van der Waals surface area contributed by atoms with Crippen LogP contribution >= 0.6 is 0 Å². The molecule has 1 atom stereocenters. The van der Waals surface area contributed by atoms with E-state index >= 15 is 0 Å². The molecule has 0 aliphatic heterocycles. The molecule has 0 bridgehead atoms. The molecule has 1 unspecified atom stereocenters. The maximum atomic E-state index is 13.1. The van der Waals surface area contributed by atoms with Crippen molar-refractivity contribution >= 4 is 16.0 Å². The molecule has 2 aromatic carbocycles. The molecule has 7 heteroatoms. The molecular formula is C23H31NO5S. The SMILES string of the molecule is CCCC(C)N(CCCOc1ccc(CCC(=O)O)cc1)S(=O)(=O)c1ccccc1. The Balaban J connectivity index is 1.94. The molecule has 0 saturated carbocycles. The number of nitrogens with zero attached hydrogens (tertiary/aromatic N) is 1. The van der Waals surface area contributed by atoms with Gasteiger partial charge in [-0.15, -0.1) is 0 Å². The molecule has 0 aromatic heterocycles. The highest BCUT2D eigenvalue weighted by Crippen LogP contribution is 2.21. The molecule has 2 rings (SSSR count). The van der Waals surface area contributed by atoms with Gasteiger partial charge in [-0.3, -0.25) is 4.79 Å². The van der Waals surface area contributed by atoms with E-state index < -0.39 is 16.0 Å². The van der Waals surface area contributed by atoms with Crippen LogP contribution < -0.4 is 4.74 Å². The van der Waals surface area contributed by atoms with Gasteiger partial charge < -0.3 is 9.84 Å². The summed E-state index contributed by atoms with van der Waals surface area (Å²) in [6, 6.07) is 15.8. The summed E-state index contributed by atoms with van der Waals surface area (Å²) in [6.45, 7) is 4.77. The Hall–Kier alpha value is -2.38. The first kappa shape index (κ1) is 23.9. The minimum absolute atomic E-state index is 0.0891. The van der Waals surface area contributed by atoms with E-state index in [1.165, 1.54) is 0 Å². The van der Waals surface area contributed by atoms with Crippen LogP contribution in [0.15, 0.2) is 59.5 Å². The molecule has 0 fully saturated rings. The fourth-order valence-electron chi connectivity index (χ4n) is 3.28. The number of aryl methyl sites for hydroxylation is 1. The predicted molar refractivity (Wildman–Crippen MR) is 117 cm³/mol. The first-order valence-corrected chi connectivity index (χ1v) is 11.8. The molecular weight excluding hydrogens is 402 g/mol. The van der Waals surface area contributed by atoms with Gasteiger partial charge in [0.15, 0.2) is 0 Å². The summed E-state index contributed by atoms with van der Waals surface area (Å²) in [5, 5.41) is 8.75. The number of sulfonamides is 1. The average Bonchev–Trinajstić information content (AvgIpc) is 2.73. The zero-order chi connectivity index (χ0) is 22.0.